The van der Waals surface area contributed by atoms with Gasteiger partial charge < -0.3 is 4.74 Å². The number of aromatic amines is 1. The summed E-state index contributed by atoms with van der Waals surface area (Å²) in [7, 11) is -12.8. The monoisotopic (exact) mass is 739 g/mol. The third-order valence-corrected chi connectivity index (χ3v) is 14.5. The number of azide groups is 1. The summed E-state index contributed by atoms with van der Waals surface area (Å²) in [6.07, 6.45) is -3.50. The van der Waals surface area contributed by atoms with Gasteiger partial charge >= 0.3 is 13.5 Å². The Balaban J connectivity index is 1.62. The Morgan fingerprint density at radius 1 is 0.939 bits per heavy atom. The standard InChI is InChI=1S/C30H38N5O11PS2/c1-19-17-35(30(37)32-29(19)36)28-16-26(33-34-31)27(44-28)18-43-47(38,45-20(2)22(4)48(39,40)24-12-8-6-9-13-24)46-21(3)23(5)49(41,42)25-14-10-7-11-15-25/h6-15,17,20-23,26-28H,16,18H2,1-5H3,(H,32,36,37)/t20?,21?,22?,23?,26-,27+,28+,47?/m0/s1. The first kappa shape index (κ1) is 38.2. The zero-order chi connectivity index (χ0) is 36.1. The fourth-order valence-corrected chi connectivity index (χ4v) is 9.90. The Hall–Kier alpha value is -3.60. The van der Waals surface area contributed by atoms with Gasteiger partial charge in [-0.25, -0.2) is 26.2 Å². The smallest absolute Gasteiger partial charge is 0.352 e. The highest BCUT2D eigenvalue weighted by Gasteiger charge is 2.43. The van der Waals surface area contributed by atoms with Crippen molar-refractivity contribution in [2.75, 3.05) is 6.61 Å². The molecular formula is C30H38N5O11PS2. The summed E-state index contributed by atoms with van der Waals surface area (Å²) in [6, 6.07) is 14.2. The topological polar surface area (TPSA) is 226 Å². The van der Waals surface area contributed by atoms with E-state index in [-0.39, 0.29) is 21.8 Å². The van der Waals surface area contributed by atoms with Crippen molar-refractivity contribution in [1.82, 2.24) is 9.55 Å². The molecule has 1 N–H and O–H groups in total. The summed E-state index contributed by atoms with van der Waals surface area (Å²) in [5, 5.41) is 1.18. The summed E-state index contributed by atoms with van der Waals surface area (Å²) in [5.41, 5.74) is 8.05. The average molecular weight is 740 g/mol. The summed E-state index contributed by atoms with van der Waals surface area (Å²) in [6.45, 7) is 6.31. The van der Waals surface area contributed by atoms with Crippen LogP contribution in [-0.2, 0) is 42.5 Å². The van der Waals surface area contributed by atoms with E-state index < -0.39 is 86.4 Å². The second kappa shape index (κ2) is 15.5. The van der Waals surface area contributed by atoms with Gasteiger partial charge in [-0.2, -0.15) is 0 Å². The molecule has 0 bridgehead atoms. The minimum Gasteiger partial charge on any atom is -0.352 e. The van der Waals surface area contributed by atoms with Gasteiger partial charge in [-0.3, -0.25) is 27.9 Å². The molecule has 3 aromatic rings. The minimum absolute atomic E-state index is 0.000837. The van der Waals surface area contributed by atoms with Crippen LogP contribution < -0.4 is 11.2 Å². The predicted octanol–water partition coefficient (Wildman–Crippen LogP) is 4.47. The van der Waals surface area contributed by atoms with Gasteiger partial charge in [0.15, 0.2) is 19.7 Å². The van der Waals surface area contributed by atoms with Gasteiger partial charge in [-0.1, -0.05) is 41.5 Å². The van der Waals surface area contributed by atoms with Gasteiger partial charge in [-0.05, 0) is 64.4 Å². The van der Waals surface area contributed by atoms with Crippen LogP contribution in [0, 0.1) is 6.92 Å². The van der Waals surface area contributed by atoms with Crippen LogP contribution in [0.2, 0.25) is 0 Å². The van der Waals surface area contributed by atoms with Crippen LogP contribution in [0.5, 0.6) is 0 Å². The van der Waals surface area contributed by atoms with E-state index in [9.17, 15) is 36.5 Å². The van der Waals surface area contributed by atoms with E-state index in [1.165, 1.54) is 65.1 Å². The van der Waals surface area contributed by atoms with Gasteiger partial charge in [0.1, 0.15) is 6.23 Å². The molecule has 2 heterocycles. The molecule has 0 spiro atoms. The second-order valence-corrected chi connectivity index (χ2v) is 17.8. The highest BCUT2D eigenvalue weighted by molar-refractivity contribution is 7.92. The molecule has 0 aliphatic carbocycles. The van der Waals surface area contributed by atoms with Crippen LogP contribution in [0.25, 0.3) is 10.4 Å². The average Bonchev–Trinajstić information content (AvgIpc) is 3.47. The van der Waals surface area contributed by atoms with E-state index in [2.05, 4.69) is 15.0 Å². The van der Waals surface area contributed by atoms with Gasteiger partial charge in [0.25, 0.3) is 5.56 Å². The molecule has 16 nitrogen and oxygen atoms in total. The van der Waals surface area contributed by atoms with Gasteiger partial charge in [0, 0.05) is 23.1 Å². The lowest BCUT2D eigenvalue weighted by molar-refractivity contribution is -0.0344. The highest BCUT2D eigenvalue weighted by atomic mass is 32.2. The lowest BCUT2D eigenvalue weighted by Crippen LogP contribution is -2.35. The van der Waals surface area contributed by atoms with Crippen LogP contribution in [0.4, 0.5) is 0 Å². The Bertz CT molecular complexity index is 1970. The zero-order valence-corrected chi connectivity index (χ0v) is 29.9. The van der Waals surface area contributed by atoms with E-state index >= 15 is 0 Å². The number of rotatable bonds is 15. The van der Waals surface area contributed by atoms with Gasteiger partial charge in [0.05, 0.1) is 51.3 Å². The normalized spacial score (nSPS) is 21.9. The Morgan fingerprint density at radius 2 is 1.43 bits per heavy atom. The van der Waals surface area contributed by atoms with Crippen molar-refractivity contribution in [2.45, 2.75) is 91.9 Å². The molecule has 0 radical (unpaired) electrons. The summed E-state index contributed by atoms with van der Waals surface area (Å²) < 4.78 is 92.0. The summed E-state index contributed by atoms with van der Waals surface area (Å²) in [5.74, 6) is 0. The van der Waals surface area contributed by atoms with Crippen LogP contribution in [0.15, 0.2) is 91.4 Å². The third kappa shape index (κ3) is 8.77. The van der Waals surface area contributed by atoms with Crippen LogP contribution >= 0.6 is 7.82 Å². The quantitative estimate of drug-likeness (QED) is 0.0990. The molecule has 1 aliphatic rings. The van der Waals surface area contributed by atoms with E-state index in [1.807, 2.05) is 0 Å². The lowest BCUT2D eigenvalue weighted by atomic mass is 10.1. The number of phosphoric ester groups is 1. The number of H-pyrrole nitrogens is 1. The molecule has 49 heavy (non-hydrogen) atoms. The Labute approximate surface area is 283 Å². The maximum atomic E-state index is 14.4. The molecule has 19 heteroatoms. The second-order valence-electron chi connectivity index (χ2n) is 11.6. The number of aromatic nitrogens is 2. The molecule has 1 aliphatic heterocycles. The number of phosphoric acid groups is 1. The molecule has 1 aromatic heterocycles. The number of sulfone groups is 2. The van der Waals surface area contributed by atoms with Crippen molar-refractivity contribution in [1.29, 1.82) is 0 Å². The zero-order valence-electron chi connectivity index (χ0n) is 27.3. The highest BCUT2D eigenvalue weighted by Crippen LogP contribution is 2.54. The fraction of sp³-hybridized carbons (Fsp3) is 0.467. The van der Waals surface area contributed by atoms with E-state index in [0.717, 1.165) is 4.57 Å². The van der Waals surface area contributed by atoms with Crippen molar-refractivity contribution < 1.29 is 39.7 Å². The predicted molar refractivity (Wildman–Crippen MR) is 178 cm³/mol. The number of hydrogen-bond acceptors (Lipinski definition) is 12. The van der Waals surface area contributed by atoms with Gasteiger partial charge in [0.2, 0.25) is 0 Å². The molecule has 1 fully saturated rings. The van der Waals surface area contributed by atoms with Crippen LogP contribution in [0.1, 0.15) is 45.9 Å². The van der Waals surface area contributed by atoms with Crippen molar-refractivity contribution in [3.63, 3.8) is 0 Å². The van der Waals surface area contributed by atoms with Crippen molar-refractivity contribution in [3.05, 3.63) is 104 Å². The number of hydrogen-bond donors (Lipinski definition) is 1. The molecule has 4 rings (SSSR count). The third-order valence-electron chi connectivity index (χ3n) is 8.29. The number of benzene rings is 2. The van der Waals surface area contributed by atoms with Crippen molar-refractivity contribution in [2.24, 2.45) is 5.11 Å². The van der Waals surface area contributed by atoms with Crippen LogP contribution in [0.3, 0.4) is 0 Å². The maximum Gasteiger partial charge on any atom is 0.475 e. The first-order chi connectivity index (χ1) is 23.0. The molecule has 266 valence electrons. The number of nitrogens with zero attached hydrogens (tertiary/aromatic N) is 4. The summed E-state index contributed by atoms with van der Waals surface area (Å²) in [4.78, 5) is 29.4. The molecule has 1 saturated heterocycles. The molecule has 0 amide bonds. The first-order valence-corrected chi connectivity index (χ1v) is 19.8. The van der Waals surface area contributed by atoms with E-state index in [4.69, 9.17) is 18.3 Å². The molecule has 4 unspecified atom stereocenters. The number of ether oxygens (including phenoxy) is 1. The fourth-order valence-electron chi connectivity index (χ4n) is 5.01. The van der Waals surface area contributed by atoms with Crippen molar-refractivity contribution in [3.8, 4) is 0 Å². The molecular weight excluding hydrogens is 701 g/mol. The largest absolute Gasteiger partial charge is 0.475 e. The van der Waals surface area contributed by atoms with E-state index in [1.54, 1.807) is 36.4 Å². The minimum atomic E-state index is -4.83. The first-order valence-electron chi connectivity index (χ1n) is 15.2. The molecule has 0 saturated carbocycles. The number of aryl methyl sites for hydroxylation is 1. The van der Waals surface area contributed by atoms with Gasteiger partial charge in [-0.15, -0.1) is 0 Å². The SMILES string of the molecule is Cc1cn([C@H]2C[C@H](N=[N+]=[N-])[C@@H](COP(=O)(OC(C)C(C)S(=O)(=O)c3ccccc3)OC(C)C(C)S(=O)(=O)c3ccccc3)O2)c(=O)[nH]c1=O. The maximum absolute atomic E-state index is 14.4. The van der Waals surface area contributed by atoms with Crippen molar-refractivity contribution >= 4 is 27.5 Å². The van der Waals surface area contributed by atoms with E-state index in [0.29, 0.717) is 0 Å². The molecule has 2 aromatic carbocycles. The number of nitrogens with one attached hydrogen (secondary N) is 1. The Kier molecular flexibility index (Phi) is 12.1. The summed E-state index contributed by atoms with van der Waals surface area (Å²) >= 11 is 0. The molecule has 7 atom stereocenters. The van der Waals surface area contributed by atoms with Crippen LogP contribution in [-0.4, -0.2) is 67.8 Å². The Morgan fingerprint density at radius 3 is 1.90 bits per heavy atom. The lowest BCUT2D eigenvalue weighted by Gasteiger charge is -2.30.